The molecule has 10 heavy (non-hydrogen) atoms. The van der Waals surface area contributed by atoms with Gasteiger partial charge >= 0.3 is 0 Å². The van der Waals surface area contributed by atoms with Crippen molar-refractivity contribution in [2.75, 3.05) is 5.48 Å². The fraction of sp³-hybridized carbons (Fsp3) is 0.143. The van der Waals surface area contributed by atoms with E-state index in [1.165, 1.54) is 12.1 Å². The molecule has 0 heterocycles. The van der Waals surface area contributed by atoms with Gasteiger partial charge in [-0.1, -0.05) is 6.07 Å². The van der Waals surface area contributed by atoms with Gasteiger partial charge in [0.1, 0.15) is 5.82 Å². The van der Waals surface area contributed by atoms with Crippen LogP contribution in [0.1, 0.15) is 5.56 Å². The largest absolute Gasteiger partial charge is 0.291 e. The monoisotopic (exact) mass is 141 g/mol. The summed E-state index contributed by atoms with van der Waals surface area (Å²) in [5.74, 6) is -0.451. The lowest BCUT2D eigenvalue weighted by atomic mass is 10.2. The Hall–Kier alpha value is -1.09. The van der Waals surface area contributed by atoms with Gasteiger partial charge in [-0.3, -0.25) is 10.7 Å². The quantitative estimate of drug-likeness (QED) is 0.586. The standard InChI is InChI=1S/C7H8FNO/c1-5-2-3-6(8)7(4-5)9-10/h2-4,9-10H,1H3. The summed E-state index contributed by atoms with van der Waals surface area (Å²) in [5.41, 5.74) is 2.77. The molecule has 0 aliphatic rings. The van der Waals surface area contributed by atoms with Gasteiger partial charge < -0.3 is 0 Å². The van der Waals surface area contributed by atoms with Crippen molar-refractivity contribution in [2.45, 2.75) is 6.92 Å². The van der Waals surface area contributed by atoms with E-state index in [1.54, 1.807) is 11.5 Å². The predicted molar refractivity (Wildman–Crippen MR) is 36.5 cm³/mol. The van der Waals surface area contributed by atoms with E-state index >= 15 is 0 Å². The summed E-state index contributed by atoms with van der Waals surface area (Å²) in [4.78, 5) is 0. The highest BCUT2D eigenvalue weighted by atomic mass is 19.1. The van der Waals surface area contributed by atoms with E-state index in [9.17, 15) is 4.39 Å². The Bertz CT molecular complexity index is 237. The van der Waals surface area contributed by atoms with E-state index in [1.807, 2.05) is 6.92 Å². The van der Waals surface area contributed by atoms with E-state index in [0.717, 1.165) is 5.56 Å². The summed E-state index contributed by atoms with van der Waals surface area (Å²) in [6.07, 6.45) is 0. The van der Waals surface area contributed by atoms with Crippen molar-refractivity contribution in [1.29, 1.82) is 0 Å². The van der Waals surface area contributed by atoms with Crippen LogP contribution < -0.4 is 5.48 Å². The molecule has 3 heteroatoms. The zero-order valence-corrected chi connectivity index (χ0v) is 5.56. The van der Waals surface area contributed by atoms with Gasteiger partial charge in [0, 0.05) is 0 Å². The zero-order valence-electron chi connectivity index (χ0n) is 5.56. The lowest BCUT2D eigenvalue weighted by Crippen LogP contribution is -1.92. The van der Waals surface area contributed by atoms with Crippen molar-refractivity contribution < 1.29 is 9.60 Å². The van der Waals surface area contributed by atoms with Gasteiger partial charge in [-0.05, 0) is 24.6 Å². The first-order valence-corrected chi connectivity index (χ1v) is 2.90. The average Bonchev–Trinajstić information content (AvgIpc) is 1.94. The molecule has 54 valence electrons. The lowest BCUT2D eigenvalue weighted by molar-refractivity contribution is 0.384. The van der Waals surface area contributed by atoms with E-state index in [4.69, 9.17) is 5.21 Å². The molecule has 0 bridgehead atoms. The number of benzene rings is 1. The highest BCUT2D eigenvalue weighted by Gasteiger charge is 1.97. The maximum absolute atomic E-state index is 12.5. The first-order valence-electron chi connectivity index (χ1n) is 2.90. The van der Waals surface area contributed by atoms with Crippen molar-refractivity contribution in [2.24, 2.45) is 0 Å². The molecule has 0 aliphatic heterocycles. The molecule has 0 saturated carbocycles. The van der Waals surface area contributed by atoms with E-state index in [0.29, 0.717) is 0 Å². The minimum Gasteiger partial charge on any atom is -0.291 e. The molecule has 1 rings (SSSR count). The Morgan fingerprint density at radius 2 is 2.20 bits per heavy atom. The maximum Gasteiger partial charge on any atom is 0.148 e. The zero-order chi connectivity index (χ0) is 7.56. The van der Waals surface area contributed by atoms with Crippen LogP contribution in [-0.4, -0.2) is 5.21 Å². The van der Waals surface area contributed by atoms with Crippen LogP contribution in [0.2, 0.25) is 0 Å². The molecule has 1 aromatic carbocycles. The van der Waals surface area contributed by atoms with Gasteiger partial charge in [-0.15, -0.1) is 0 Å². The van der Waals surface area contributed by atoms with Gasteiger partial charge in [-0.2, -0.15) is 0 Å². The van der Waals surface area contributed by atoms with Crippen LogP contribution in [0.5, 0.6) is 0 Å². The van der Waals surface area contributed by atoms with Crippen LogP contribution in [0.25, 0.3) is 0 Å². The van der Waals surface area contributed by atoms with Crippen molar-refractivity contribution in [1.82, 2.24) is 0 Å². The molecule has 0 unspecified atom stereocenters. The van der Waals surface area contributed by atoms with Crippen LogP contribution >= 0.6 is 0 Å². The Kier molecular flexibility index (Phi) is 1.87. The molecule has 0 radical (unpaired) electrons. The minimum atomic E-state index is -0.451. The second-order valence-corrected chi connectivity index (χ2v) is 2.10. The molecule has 2 nitrogen and oxygen atoms in total. The number of rotatable bonds is 1. The van der Waals surface area contributed by atoms with Crippen LogP contribution in [0, 0.1) is 12.7 Å². The van der Waals surface area contributed by atoms with Gasteiger partial charge in [0.05, 0.1) is 5.69 Å². The maximum atomic E-state index is 12.5. The number of hydrogen-bond acceptors (Lipinski definition) is 2. The van der Waals surface area contributed by atoms with Crippen molar-refractivity contribution in [3.05, 3.63) is 29.6 Å². The Balaban J connectivity index is 3.09. The second-order valence-electron chi connectivity index (χ2n) is 2.10. The third kappa shape index (κ3) is 1.25. The summed E-state index contributed by atoms with van der Waals surface area (Å²) in [7, 11) is 0. The molecular weight excluding hydrogens is 133 g/mol. The highest BCUT2D eigenvalue weighted by Crippen LogP contribution is 2.13. The molecule has 0 aliphatic carbocycles. The number of halogens is 1. The first-order chi connectivity index (χ1) is 4.74. The fourth-order valence-electron chi connectivity index (χ4n) is 0.725. The van der Waals surface area contributed by atoms with Crippen LogP contribution in [0.3, 0.4) is 0 Å². The van der Waals surface area contributed by atoms with Gasteiger partial charge in [0.15, 0.2) is 0 Å². The average molecular weight is 141 g/mol. The number of hydrogen-bond donors (Lipinski definition) is 2. The van der Waals surface area contributed by atoms with Crippen LogP contribution in [-0.2, 0) is 0 Å². The minimum absolute atomic E-state index is 0.111. The van der Waals surface area contributed by atoms with Crippen LogP contribution in [0.4, 0.5) is 10.1 Å². The Morgan fingerprint density at radius 3 is 2.70 bits per heavy atom. The summed E-state index contributed by atoms with van der Waals surface area (Å²) >= 11 is 0. The van der Waals surface area contributed by atoms with E-state index < -0.39 is 5.82 Å². The third-order valence-corrected chi connectivity index (χ3v) is 1.24. The molecule has 0 amide bonds. The first kappa shape index (κ1) is 7.02. The third-order valence-electron chi connectivity index (χ3n) is 1.24. The SMILES string of the molecule is Cc1ccc(F)c(NO)c1. The molecule has 2 N–H and O–H groups in total. The Morgan fingerprint density at radius 1 is 1.50 bits per heavy atom. The molecular formula is C7H8FNO. The number of aryl methyl sites for hydroxylation is 1. The highest BCUT2D eigenvalue weighted by molar-refractivity contribution is 5.44. The molecule has 0 atom stereocenters. The normalized spacial score (nSPS) is 9.50. The van der Waals surface area contributed by atoms with Gasteiger partial charge in [-0.25, -0.2) is 4.39 Å². The summed E-state index contributed by atoms with van der Waals surface area (Å²) < 4.78 is 12.5. The Labute approximate surface area is 58.3 Å². The number of nitrogens with one attached hydrogen (secondary N) is 1. The van der Waals surface area contributed by atoms with Gasteiger partial charge in [0.2, 0.25) is 0 Å². The summed E-state index contributed by atoms with van der Waals surface area (Å²) in [5, 5.41) is 8.35. The molecule has 1 aromatic rings. The van der Waals surface area contributed by atoms with E-state index in [2.05, 4.69) is 0 Å². The molecule has 0 saturated heterocycles. The fourth-order valence-corrected chi connectivity index (χ4v) is 0.725. The predicted octanol–water partition coefficient (Wildman–Crippen LogP) is 1.94. The summed E-state index contributed by atoms with van der Waals surface area (Å²) in [6.45, 7) is 1.82. The van der Waals surface area contributed by atoms with Gasteiger partial charge in [0.25, 0.3) is 0 Å². The second kappa shape index (κ2) is 2.66. The van der Waals surface area contributed by atoms with Crippen molar-refractivity contribution >= 4 is 5.69 Å². The van der Waals surface area contributed by atoms with Crippen LogP contribution in [0.15, 0.2) is 18.2 Å². The topological polar surface area (TPSA) is 32.3 Å². The molecule has 0 spiro atoms. The van der Waals surface area contributed by atoms with E-state index in [-0.39, 0.29) is 5.69 Å². The lowest BCUT2D eigenvalue weighted by Gasteiger charge is -2.00. The number of anilines is 1. The summed E-state index contributed by atoms with van der Waals surface area (Å²) in [6, 6.07) is 4.46. The molecule has 0 fully saturated rings. The van der Waals surface area contributed by atoms with Crippen molar-refractivity contribution in [3.8, 4) is 0 Å². The molecule has 0 aromatic heterocycles. The van der Waals surface area contributed by atoms with Crippen molar-refractivity contribution in [3.63, 3.8) is 0 Å². The smallest absolute Gasteiger partial charge is 0.148 e.